The van der Waals surface area contributed by atoms with Crippen LogP contribution < -0.4 is 4.90 Å². The molecule has 1 unspecified atom stereocenters. The average Bonchev–Trinajstić information content (AvgIpc) is 2.72. The predicted octanol–water partition coefficient (Wildman–Crippen LogP) is 4.54. The molecule has 0 radical (unpaired) electrons. The van der Waals surface area contributed by atoms with Crippen LogP contribution in [0, 0.1) is 11.3 Å². The van der Waals surface area contributed by atoms with Crippen molar-refractivity contribution in [2.75, 3.05) is 32.1 Å². The van der Waals surface area contributed by atoms with E-state index < -0.39 is 5.41 Å². The molecule has 25 heavy (non-hydrogen) atoms. The van der Waals surface area contributed by atoms with Gasteiger partial charge in [0.05, 0.1) is 11.5 Å². The number of fused-ring (bicyclic) bond motifs is 2. The van der Waals surface area contributed by atoms with E-state index in [0.717, 1.165) is 31.5 Å². The summed E-state index contributed by atoms with van der Waals surface area (Å²) in [6, 6.07) is 19.6. The summed E-state index contributed by atoms with van der Waals surface area (Å²) in [5.74, 6) is 0. The van der Waals surface area contributed by atoms with Crippen LogP contribution >= 0.6 is 12.4 Å². The molecule has 0 saturated heterocycles. The molecule has 0 aliphatic carbocycles. The largest absolute Gasteiger partial charge is 0.341 e. The van der Waals surface area contributed by atoms with Gasteiger partial charge in [0.15, 0.2) is 0 Å². The lowest BCUT2D eigenvalue weighted by Crippen LogP contribution is -2.31. The number of rotatable bonds is 4. The van der Waals surface area contributed by atoms with Crippen molar-refractivity contribution in [3.63, 3.8) is 0 Å². The summed E-state index contributed by atoms with van der Waals surface area (Å²) in [6.07, 6.45) is 1.60. The van der Waals surface area contributed by atoms with Crippen molar-refractivity contribution < 1.29 is 0 Å². The zero-order valence-corrected chi connectivity index (χ0v) is 16.0. The van der Waals surface area contributed by atoms with Crippen LogP contribution in [0.5, 0.6) is 0 Å². The lowest BCUT2D eigenvalue weighted by atomic mass is 9.74. The number of anilines is 2. The summed E-state index contributed by atoms with van der Waals surface area (Å²) in [7, 11) is 4.14. The van der Waals surface area contributed by atoms with Gasteiger partial charge in [0.25, 0.3) is 0 Å². The smallest absolute Gasteiger partial charge is 0.0895 e. The first-order valence-corrected chi connectivity index (χ1v) is 8.62. The van der Waals surface area contributed by atoms with Gasteiger partial charge in [-0.3, -0.25) is 0 Å². The highest BCUT2D eigenvalue weighted by molar-refractivity contribution is 5.85. The quantitative estimate of drug-likeness (QED) is 0.806. The topological polar surface area (TPSA) is 30.3 Å². The normalized spacial score (nSPS) is 18.6. The van der Waals surface area contributed by atoms with Crippen molar-refractivity contribution in [2.24, 2.45) is 0 Å². The van der Waals surface area contributed by atoms with E-state index in [4.69, 9.17) is 0 Å². The van der Waals surface area contributed by atoms with Gasteiger partial charge in [-0.05, 0) is 63.7 Å². The van der Waals surface area contributed by atoms with Gasteiger partial charge in [0.1, 0.15) is 0 Å². The minimum Gasteiger partial charge on any atom is -0.341 e. The molecule has 1 aliphatic heterocycles. The van der Waals surface area contributed by atoms with Crippen LogP contribution in [0.4, 0.5) is 11.4 Å². The Kier molecular flexibility index (Phi) is 6.11. The molecule has 0 aromatic heterocycles. The Morgan fingerprint density at radius 3 is 2.36 bits per heavy atom. The van der Waals surface area contributed by atoms with Crippen LogP contribution in [0.1, 0.15) is 24.5 Å². The van der Waals surface area contributed by atoms with Gasteiger partial charge in [0.2, 0.25) is 0 Å². The first-order valence-electron chi connectivity index (χ1n) is 8.62. The summed E-state index contributed by atoms with van der Waals surface area (Å²) in [5, 5.41) is 10.2. The van der Waals surface area contributed by atoms with Crippen LogP contribution in [-0.2, 0) is 11.8 Å². The maximum atomic E-state index is 10.2. The molecule has 0 amide bonds. The average molecular weight is 356 g/mol. The summed E-state index contributed by atoms with van der Waals surface area (Å²) >= 11 is 0. The van der Waals surface area contributed by atoms with E-state index >= 15 is 0 Å². The Bertz CT molecular complexity index is 766. The Morgan fingerprint density at radius 2 is 1.72 bits per heavy atom. The van der Waals surface area contributed by atoms with Gasteiger partial charge in [-0.15, -0.1) is 12.4 Å². The second kappa shape index (κ2) is 7.91. The second-order valence-electron chi connectivity index (χ2n) is 6.81. The zero-order chi connectivity index (χ0) is 17.2. The number of hydrogen-bond donors (Lipinski definition) is 0. The van der Waals surface area contributed by atoms with Crippen molar-refractivity contribution in [3.05, 3.63) is 59.7 Å². The monoisotopic (exact) mass is 355 g/mol. The Morgan fingerprint density at radius 1 is 1.08 bits per heavy atom. The summed E-state index contributed by atoms with van der Waals surface area (Å²) in [4.78, 5) is 4.51. The maximum Gasteiger partial charge on any atom is 0.0895 e. The Balaban J connectivity index is 0.00000225. The number of halogens is 1. The molecule has 4 heteroatoms. The van der Waals surface area contributed by atoms with Gasteiger partial charge in [-0.25, -0.2) is 0 Å². The standard InChI is InChI=1S/C21H25N3.ClH/c1-4-24-19-11-7-5-9-17(19)15-21(16-22,13-14-23(2)3)18-10-6-8-12-20(18)24;/h5-12H,4,13-15H2,1-3H3;1H. The molecule has 2 aromatic rings. The van der Waals surface area contributed by atoms with Gasteiger partial charge >= 0.3 is 0 Å². The van der Waals surface area contributed by atoms with Gasteiger partial charge in [-0.2, -0.15) is 5.26 Å². The summed E-state index contributed by atoms with van der Waals surface area (Å²) < 4.78 is 0. The third-order valence-electron chi connectivity index (χ3n) is 5.00. The number of nitriles is 1. The number of benzene rings is 2. The molecule has 0 spiro atoms. The molecule has 0 bridgehead atoms. The first-order chi connectivity index (χ1) is 11.6. The van der Waals surface area contributed by atoms with E-state index in [2.05, 4.69) is 85.4 Å². The summed E-state index contributed by atoms with van der Waals surface area (Å²) in [6.45, 7) is 3.96. The van der Waals surface area contributed by atoms with Crippen molar-refractivity contribution in [2.45, 2.75) is 25.2 Å². The van der Waals surface area contributed by atoms with Gasteiger partial charge in [0, 0.05) is 17.9 Å². The van der Waals surface area contributed by atoms with Crippen LogP contribution in [0.2, 0.25) is 0 Å². The minimum atomic E-state index is -0.485. The van der Waals surface area contributed by atoms with Crippen LogP contribution in [0.3, 0.4) is 0 Å². The molecular formula is C21H26ClN3. The number of nitrogens with zero attached hydrogens (tertiary/aromatic N) is 3. The molecule has 2 aromatic carbocycles. The fourth-order valence-corrected chi connectivity index (χ4v) is 3.72. The van der Waals surface area contributed by atoms with Crippen molar-refractivity contribution in [3.8, 4) is 6.07 Å². The molecular weight excluding hydrogens is 330 g/mol. The van der Waals surface area contributed by atoms with E-state index in [1.54, 1.807) is 0 Å². The third-order valence-corrected chi connectivity index (χ3v) is 5.00. The fourth-order valence-electron chi connectivity index (χ4n) is 3.72. The lowest BCUT2D eigenvalue weighted by molar-refractivity contribution is 0.352. The number of para-hydroxylation sites is 2. The van der Waals surface area contributed by atoms with Crippen LogP contribution in [0.25, 0.3) is 0 Å². The van der Waals surface area contributed by atoms with Crippen LogP contribution in [0.15, 0.2) is 48.5 Å². The Labute approximate surface area is 157 Å². The highest BCUT2D eigenvalue weighted by Gasteiger charge is 2.38. The molecule has 1 heterocycles. The molecule has 132 valence electrons. The van der Waals surface area contributed by atoms with E-state index in [-0.39, 0.29) is 12.4 Å². The van der Waals surface area contributed by atoms with Crippen molar-refractivity contribution >= 4 is 23.8 Å². The lowest BCUT2D eigenvalue weighted by Gasteiger charge is -2.30. The molecule has 0 fully saturated rings. The molecule has 3 rings (SSSR count). The predicted molar refractivity (Wildman–Crippen MR) is 107 cm³/mol. The summed E-state index contributed by atoms with van der Waals surface area (Å²) in [5.41, 5.74) is 4.34. The van der Waals surface area contributed by atoms with Gasteiger partial charge < -0.3 is 9.80 Å². The zero-order valence-electron chi connectivity index (χ0n) is 15.2. The van der Waals surface area contributed by atoms with E-state index in [0.29, 0.717) is 0 Å². The SMILES string of the molecule is CCN1c2ccccc2CC(C#N)(CCN(C)C)c2ccccc21.Cl. The maximum absolute atomic E-state index is 10.2. The molecule has 1 atom stereocenters. The van der Waals surface area contributed by atoms with Crippen LogP contribution in [-0.4, -0.2) is 32.1 Å². The number of hydrogen-bond acceptors (Lipinski definition) is 3. The fraction of sp³-hybridized carbons (Fsp3) is 0.381. The third kappa shape index (κ3) is 3.51. The minimum absolute atomic E-state index is 0. The van der Waals surface area contributed by atoms with Crippen molar-refractivity contribution in [1.82, 2.24) is 4.90 Å². The Hall–Kier alpha value is -2.02. The first kappa shape index (κ1) is 19.3. The van der Waals surface area contributed by atoms with E-state index in [9.17, 15) is 5.26 Å². The van der Waals surface area contributed by atoms with Gasteiger partial charge in [-0.1, -0.05) is 36.4 Å². The molecule has 0 N–H and O–H groups in total. The highest BCUT2D eigenvalue weighted by Crippen LogP contribution is 2.45. The second-order valence-corrected chi connectivity index (χ2v) is 6.81. The molecule has 0 saturated carbocycles. The van der Waals surface area contributed by atoms with Crippen molar-refractivity contribution in [1.29, 1.82) is 5.26 Å². The van der Waals surface area contributed by atoms with E-state index in [1.807, 2.05) is 0 Å². The molecule has 3 nitrogen and oxygen atoms in total. The highest BCUT2D eigenvalue weighted by atomic mass is 35.5. The van der Waals surface area contributed by atoms with E-state index in [1.165, 1.54) is 16.9 Å². The molecule has 1 aliphatic rings.